The van der Waals surface area contributed by atoms with E-state index in [9.17, 15) is 9.18 Å². The average molecular weight is 254 g/mol. The summed E-state index contributed by atoms with van der Waals surface area (Å²) in [5, 5.41) is 5.89. The Balaban J connectivity index is 2.44. The summed E-state index contributed by atoms with van der Waals surface area (Å²) in [6.45, 7) is 4.36. The van der Waals surface area contributed by atoms with Gasteiger partial charge >= 0.3 is 0 Å². The lowest BCUT2D eigenvalue weighted by atomic mass is 10.2. The predicted molar refractivity (Wildman–Crippen MR) is 68.4 cm³/mol. The minimum Gasteiger partial charge on any atom is -0.494 e. The molecule has 0 spiro atoms. The molecule has 1 rings (SSSR count). The molecule has 0 aliphatic carbocycles. The van der Waals surface area contributed by atoms with E-state index in [1.165, 1.54) is 19.2 Å². The van der Waals surface area contributed by atoms with Crippen molar-refractivity contribution in [3.05, 3.63) is 29.6 Å². The molecule has 0 bridgehead atoms. The topological polar surface area (TPSA) is 50.4 Å². The number of benzene rings is 1. The maximum atomic E-state index is 13.4. The molecule has 18 heavy (non-hydrogen) atoms. The first kappa shape index (κ1) is 14.4. The van der Waals surface area contributed by atoms with Crippen LogP contribution < -0.4 is 15.4 Å². The molecule has 1 amide bonds. The van der Waals surface area contributed by atoms with Gasteiger partial charge in [-0.3, -0.25) is 4.79 Å². The number of hydrogen-bond donors (Lipinski definition) is 2. The van der Waals surface area contributed by atoms with Crippen LogP contribution in [0.25, 0.3) is 0 Å². The predicted octanol–water partition coefficient (Wildman–Crippen LogP) is 1.56. The van der Waals surface area contributed by atoms with Crippen LogP contribution in [0.15, 0.2) is 18.2 Å². The lowest BCUT2D eigenvalue weighted by Gasteiger charge is -2.07. The van der Waals surface area contributed by atoms with Gasteiger partial charge in [-0.05, 0) is 37.7 Å². The smallest absolute Gasteiger partial charge is 0.251 e. The second-order valence-corrected chi connectivity index (χ2v) is 3.81. The summed E-state index contributed by atoms with van der Waals surface area (Å²) < 4.78 is 18.2. The highest BCUT2D eigenvalue weighted by atomic mass is 19.1. The largest absolute Gasteiger partial charge is 0.494 e. The van der Waals surface area contributed by atoms with Gasteiger partial charge in [0.15, 0.2) is 11.6 Å². The van der Waals surface area contributed by atoms with Crippen LogP contribution in [-0.4, -0.2) is 32.7 Å². The van der Waals surface area contributed by atoms with Gasteiger partial charge in [-0.15, -0.1) is 0 Å². The maximum absolute atomic E-state index is 13.4. The Labute approximate surface area is 107 Å². The Bertz CT molecular complexity index is 397. The van der Waals surface area contributed by atoms with Crippen LogP contribution in [0.4, 0.5) is 4.39 Å². The summed E-state index contributed by atoms with van der Waals surface area (Å²) in [5.41, 5.74) is 0.303. The van der Waals surface area contributed by atoms with Gasteiger partial charge in [0.2, 0.25) is 0 Å². The first-order valence-corrected chi connectivity index (χ1v) is 6.01. The molecule has 2 N–H and O–H groups in total. The van der Waals surface area contributed by atoms with Crippen LogP contribution >= 0.6 is 0 Å². The molecule has 5 heteroatoms. The second kappa shape index (κ2) is 7.66. The fourth-order valence-corrected chi connectivity index (χ4v) is 1.50. The molecular weight excluding hydrogens is 235 g/mol. The van der Waals surface area contributed by atoms with Crippen LogP contribution in [-0.2, 0) is 0 Å². The van der Waals surface area contributed by atoms with E-state index in [4.69, 9.17) is 4.74 Å². The Kier molecular flexibility index (Phi) is 6.14. The minimum absolute atomic E-state index is 0.138. The number of carbonyl (C=O) groups excluding carboxylic acids is 1. The zero-order chi connectivity index (χ0) is 13.4. The number of rotatable bonds is 7. The number of halogens is 1. The molecule has 1 aromatic carbocycles. The van der Waals surface area contributed by atoms with Crippen LogP contribution in [0.3, 0.4) is 0 Å². The summed E-state index contributed by atoms with van der Waals surface area (Å²) >= 11 is 0. The highest BCUT2D eigenvalue weighted by Gasteiger charge is 2.09. The van der Waals surface area contributed by atoms with E-state index in [-0.39, 0.29) is 11.7 Å². The van der Waals surface area contributed by atoms with Gasteiger partial charge < -0.3 is 15.4 Å². The molecule has 0 unspecified atom stereocenters. The molecule has 0 saturated heterocycles. The zero-order valence-electron chi connectivity index (χ0n) is 10.8. The Hall–Kier alpha value is -1.62. The summed E-state index contributed by atoms with van der Waals surface area (Å²) in [5.74, 6) is -0.662. The summed E-state index contributed by atoms with van der Waals surface area (Å²) in [6.07, 6.45) is 0.845. The average Bonchev–Trinajstić information content (AvgIpc) is 2.38. The third-order valence-corrected chi connectivity index (χ3v) is 2.48. The normalized spacial score (nSPS) is 10.2. The lowest BCUT2D eigenvalue weighted by Crippen LogP contribution is -2.27. The number of nitrogens with one attached hydrogen (secondary N) is 2. The number of ether oxygens (including phenoxy) is 1. The van der Waals surface area contributed by atoms with Crippen molar-refractivity contribution in [2.45, 2.75) is 13.3 Å². The van der Waals surface area contributed by atoms with Crippen LogP contribution in [0.2, 0.25) is 0 Å². The lowest BCUT2D eigenvalue weighted by molar-refractivity contribution is 0.0952. The monoisotopic (exact) mass is 254 g/mol. The van der Waals surface area contributed by atoms with Gasteiger partial charge in [-0.1, -0.05) is 6.92 Å². The van der Waals surface area contributed by atoms with Gasteiger partial charge in [0.1, 0.15) is 0 Å². The van der Waals surface area contributed by atoms with Crippen molar-refractivity contribution >= 4 is 5.91 Å². The van der Waals surface area contributed by atoms with Gasteiger partial charge in [-0.25, -0.2) is 4.39 Å². The Morgan fingerprint density at radius 2 is 2.17 bits per heavy atom. The molecule has 0 aliphatic heterocycles. The van der Waals surface area contributed by atoms with Crippen molar-refractivity contribution in [3.63, 3.8) is 0 Å². The molecule has 1 aromatic rings. The van der Waals surface area contributed by atoms with Crippen molar-refractivity contribution in [1.29, 1.82) is 0 Å². The molecule has 100 valence electrons. The van der Waals surface area contributed by atoms with Gasteiger partial charge in [0, 0.05) is 12.1 Å². The third kappa shape index (κ3) is 4.33. The number of amides is 1. The maximum Gasteiger partial charge on any atom is 0.251 e. The van der Waals surface area contributed by atoms with Gasteiger partial charge in [0.05, 0.1) is 7.11 Å². The molecule has 0 saturated carbocycles. The fourth-order valence-electron chi connectivity index (χ4n) is 1.50. The van der Waals surface area contributed by atoms with Crippen molar-refractivity contribution < 1.29 is 13.9 Å². The van der Waals surface area contributed by atoms with Crippen molar-refractivity contribution in [1.82, 2.24) is 10.6 Å². The van der Waals surface area contributed by atoms with E-state index in [1.807, 2.05) is 6.92 Å². The van der Waals surface area contributed by atoms with Crippen LogP contribution in [0.1, 0.15) is 23.7 Å². The minimum atomic E-state index is -0.530. The van der Waals surface area contributed by atoms with E-state index in [2.05, 4.69) is 10.6 Å². The molecule has 0 heterocycles. The quantitative estimate of drug-likeness (QED) is 0.726. The standard InChI is InChI=1S/C13H19FN2O2/c1-3-15-7-4-8-16-13(17)10-5-6-12(18-2)11(14)9-10/h5-6,9,15H,3-4,7-8H2,1-2H3,(H,16,17). The summed E-state index contributed by atoms with van der Waals surface area (Å²) in [6, 6.07) is 4.17. The Morgan fingerprint density at radius 3 is 2.78 bits per heavy atom. The molecule has 0 aliphatic rings. The van der Waals surface area contributed by atoms with Crippen molar-refractivity contribution in [2.24, 2.45) is 0 Å². The highest BCUT2D eigenvalue weighted by molar-refractivity contribution is 5.94. The number of methoxy groups -OCH3 is 1. The van der Waals surface area contributed by atoms with Crippen LogP contribution in [0, 0.1) is 5.82 Å². The summed E-state index contributed by atoms with van der Waals surface area (Å²) in [7, 11) is 1.39. The van der Waals surface area contributed by atoms with E-state index >= 15 is 0 Å². The molecule has 4 nitrogen and oxygen atoms in total. The van der Waals surface area contributed by atoms with E-state index < -0.39 is 5.82 Å². The van der Waals surface area contributed by atoms with Crippen molar-refractivity contribution in [2.75, 3.05) is 26.7 Å². The molecule has 0 fully saturated rings. The second-order valence-electron chi connectivity index (χ2n) is 3.81. The van der Waals surface area contributed by atoms with Gasteiger partial charge in [0.25, 0.3) is 5.91 Å². The van der Waals surface area contributed by atoms with Gasteiger partial charge in [-0.2, -0.15) is 0 Å². The zero-order valence-corrected chi connectivity index (χ0v) is 10.8. The Morgan fingerprint density at radius 1 is 1.39 bits per heavy atom. The van der Waals surface area contributed by atoms with E-state index in [0.717, 1.165) is 19.5 Å². The van der Waals surface area contributed by atoms with Crippen LogP contribution in [0.5, 0.6) is 5.75 Å². The fraction of sp³-hybridized carbons (Fsp3) is 0.462. The molecular formula is C13H19FN2O2. The van der Waals surface area contributed by atoms with E-state index in [1.54, 1.807) is 6.07 Å². The van der Waals surface area contributed by atoms with Crippen molar-refractivity contribution in [3.8, 4) is 5.75 Å². The summed E-state index contributed by atoms with van der Waals surface area (Å²) in [4.78, 5) is 11.7. The highest BCUT2D eigenvalue weighted by Crippen LogP contribution is 2.17. The SMILES string of the molecule is CCNCCCNC(=O)c1ccc(OC)c(F)c1. The number of hydrogen-bond acceptors (Lipinski definition) is 3. The molecule has 0 atom stereocenters. The number of carbonyl (C=O) groups is 1. The third-order valence-electron chi connectivity index (χ3n) is 2.48. The molecule has 0 aromatic heterocycles. The first-order chi connectivity index (χ1) is 8.69. The van der Waals surface area contributed by atoms with E-state index in [0.29, 0.717) is 12.1 Å². The molecule has 0 radical (unpaired) electrons. The first-order valence-electron chi connectivity index (χ1n) is 6.01.